The number of hydrogen-bond donors (Lipinski definition) is 2. The summed E-state index contributed by atoms with van der Waals surface area (Å²) < 4.78 is 7.21. The number of carbonyl (C=O) groups is 1. The number of aryl methyl sites for hydroxylation is 1. The van der Waals surface area contributed by atoms with E-state index in [4.69, 9.17) is 4.74 Å². The van der Waals surface area contributed by atoms with E-state index >= 15 is 0 Å². The maximum absolute atomic E-state index is 12.2. The summed E-state index contributed by atoms with van der Waals surface area (Å²) in [6, 6.07) is 12.7. The van der Waals surface area contributed by atoms with Crippen molar-refractivity contribution in [3.05, 3.63) is 48.0 Å². The predicted octanol–water partition coefficient (Wildman–Crippen LogP) is 3.33. The van der Waals surface area contributed by atoms with E-state index in [1.807, 2.05) is 37.3 Å². The van der Waals surface area contributed by atoms with Crippen molar-refractivity contribution in [2.75, 3.05) is 17.2 Å². The first-order chi connectivity index (χ1) is 11.7. The number of amides is 2. The zero-order valence-corrected chi connectivity index (χ0v) is 13.6. The number of carbonyl (C=O) groups excluding carboxylic acids is 1. The number of anilines is 2. The van der Waals surface area contributed by atoms with Gasteiger partial charge >= 0.3 is 6.03 Å². The van der Waals surface area contributed by atoms with Gasteiger partial charge in [-0.05, 0) is 43.2 Å². The van der Waals surface area contributed by atoms with Gasteiger partial charge in [0.1, 0.15) is 0 Å². The van der Waals surface area contributed by atoms with E-state index in [0.717, 1.165) is 6.42 Å². The van der Waals surface area contributed by atoms with E-state index in [-0.39, 0.29) is 6.03 Å². The summed E-state index contributed by atoms with van der Waals surface area (Å²) in [6.07, 6.45) is 0.957. The van der Waals surface area contributed by atoms with E-state index in [2.05, 4.69) is 27.8 Å². The van der Waals surface area contributed by atoms with E-state index in [1.165, 1.54) is 5.56 Å². The Morgan fingerprint density at radius 1 is 1.08 bits per heavy atom. The lowest BCUT2D eigenvalue weighted by Gasteiger charge is -2.09. The maximum atomic E-state index is 12.2. The number of hydrogen-bond acceptors (Lipinski definition) is 4. The number of aromatic nitrogens is 3. The van der Waals surface area contributed by atoms with Gasteiger partial charge in [-0.1, -0.05) is 25.1 Å². The molecule has 0 atom stereocenters. The molecule has 0 bridgehead atoms. The van der Waals surface area contributed by atoms with Crippen molar-refractivity contribution in [1.29, 1.82) is 0 Å². The molecule has 0 saturated carbocycles. The van der Waals surface area contributed by atoms with Crippen LogP contribution in [0.2, 0.25) is 0 Å². The van der Waals surface area contributed by atoms with Crippen molar-refractivity contribution in [2.24, 2.45) is 0 Å². The van der Waals surface area contributed by atoms with Gasteiger partial charge in [-0.15, -0.1) is 10.2 Å². The Kier molecular flexibility index (Phi) is 4.60. The predicted molar refractivity (Wildman–Crippen MR) is 92.6 cm³/mol. The van der Waals surface area contributed by atoms with Gasteiger partial charge in [0.05, 0.1) is 6.61 Å². The minimum absolute atomic E-state index is 0.303. The third-order valence-corrected chi connectivity index (χ3v) is 3.53. The first-order valence-electron chi connectivity index (χ1n) is 7.85. The summed E-state index contributed by atoms with van der Waals surface area (Å²) >= 11 is 0. The molecule has 0 aliphatic rings. The lowest BCUT2D eigenvalue weighted by molar-refractivity contribution is 0.262. The molecule has 3 aromatic rings. The molecule has 0 aliphatic heterocycles. The molecule has 7 nitrogen and oxygen atoms in total. The minimum atomic E-state index is -0.389. The lowest BCUT2D eigenvalue weighted by Crippen LogP contribution is -2.21. The van der Waals surface area contributed by atoms with Gasteiger partial charge in [-0.2, -0.15) is 0 Å². The van der Waals surface area contributed by atoms with Gasteiger partial charge in [0.25, 0.3) is 0 Å². The quantitative estimate of drug-likeness (QED) is 0.754. The highest BCUT2D eigenvalue weighted by molar-refractivity contribution is 5.98. The minimum Gasteiger partial charge on any atom is -0.479 e. The summed E-state index contributed by atoms with van der Waals surface area (Å²) in [7, 11) is 0. The van der Waals surface area contributed by atoms with Crippen LogP contribution in [0.1, 0.15) is 19.4 Å². The van der Waals surface area contributed by atoms with Gasteiger partial charge in [0.15, 0.2) is 5.65 Å². The summed E-state index contributed by atoms with van der Waals surface area (Å²) in [6.45, 7) is 4.48. The average molecular weight is 325 g/mol. The smallest absolute Gasteiger partial charge is 0.326 e. The summed E-state index contributed by atoms with van der Waals surface area (Å²) in [5, 5.41) is 13.5. The number of fused-ring (bicyclic) bond motifs is 1. The molecule has 7 heteroatoms. The zero-order valence-electron chi connectivity index (χ0n) is 13.6. The van der Waals surface area contributed by atoms with Crippen LogP contribution in [-0.4, -0.2) is 27.2 Å². The molecule has 124 valence electrons. The van der Waals surface area contributed by atoms with Crippen molar-refractivity contribution in [3.63, 3.8) is 0 Å². The fourth-order valence-corrected chi connectivity index (χ4v) is 2.34. The van der Waals surface area contributed by atoms with Crippen LogP contribution in [0.15, 0.2) is 42.5 Å². The van der Waals surface area contributed by atoms with Gasteiger partial charge in [-0.25, -0.2) is 9.20 Å². The largest absolute Gasteiger partial charge is 0.479 e. The van der Waals surface area contributed by atoms with Gasteiger partial charge in [0.2, 0.25) is 11.8 Å². The van der Waals surface area contributed by atoms with Crippen LogP contribution < -0.4 is 15.4 Å². The molecule has 0 spiro atoms. The zero-order chi connectivity index (χ0) is 16.9. The molecule has 0 fully saturated rings. The second-order valence-electron chi connectivity index (χ2n) is 5.14. The normalized spacial score (nSPS) is 10.6. The molecular formula is C17H19N5O2. The monoisotopic (exact) mass is 325 g/mol. The Hall–Kier alpha value is -3.09. The molecule has 2 heterocycles. The Morgan fingerprint density at radius 2 is 1.88 bits per heavy atom. The van der Waals surface area contributed by atoms with Crippen molar-refractivity contribution >= 4 is 23.3 Å². The number of pyridine rings is 1. The van der Waals surface area contributed by atoms with Crippen molar-refractivity contribution in [3.8, 4) is 5.88 Å². The van der Waals surface area contributed by atoms with Crippen molar-refractivity contribution in [2.45, 2.75) is 20.3 Å². The molecule has 0 aliphatic carbocycles. The molecule has 2 aromatic heterocycles. The van der Waals surface area contributed by atoms with Crippen LogP contribution in [0.4, 0.5) is 16.4 Å². The molecule has 2 amide bonds. The number of ether oxygens (including phenoxy) is 1. The first-order valence-corrected chi connectivity index (χ1v) is 7.85. The van der Waals surface area contributed by atoms with Crippen LogP contribution in [0, 0.1) is 0 Å². The SMILES string of the molecule is CCOc1cccc2nnc(NC(=O)Nc3ccc(CC)cc3)n12. The lowest BCUT2D eigenvalue weighted by atomic mass is 10.1. The van der Waals surface area contributed by atoms with Crippen LogP contribution in [0.5, 0.6) is 5.88 Å². The fraction of sp³-hybridized carbons (Fsp3) is 0.235. The first kappa shape index (κ1) is 15.8. The topological polar surface area (TPSA) is 80.6 Å². The number of nitrogens with one attached hydrogen (secondary N) is 2. The second kappa shape index (κ2) is 6.99. The highest BCUT2D eigenvalue weighted by Crippen LogP contribution is 2.19. The Labute approximate surface area is 139 Å². The van der Waals surface area contributed by atoms with Gasteiger partial charge in [-0.3, -0.25) is 5.32 Å². The number of nitrogens with zero attached hydrogens (tertiary/aromatic N) is 3. The molecule has 3 rings (SSSR count). The molecule has 0 unspecified atom stereocenters. The van der Waals surface area contributed by atoms with E-state index in [9.17, 15) is 4.79 Å². The molecular weight excluding hydrogens is 306 g/mol. The Balaban J connectivity index is 1.77. The molecule has 0 radical (unpaired) electrons. The second-order valence-corrected chi connectivity index (χ2v) is 5.14. The van der Waals surface area contributed by atoms with Crippen LogP contribution in [-0.2, 0) is 6.42 Å². The van der Waals surface area contributed by atoms with E-state index < -0.39 is 0 Å². The molecule has 1 aromatic carbocycles. The van der Waals surface area contributed by atoms with Gasteiger partial charge < -0.3 is 10.1 Å². The number of urea groups is 1. The Bertz CT molecular complexity index is 842. The van der Waals surface area contributed by atoms with Crippen LogP contribution in [0.25, 0.3) is 5.65 Å². The van der Waals surface area contributed by atoms with E-state index in [0.29, 0.717) is 29.8 Å². The van der Waals surface area contributed by atoms with Crippen LogP contribution >= 0.6 is 0 Å². The standard InChI is InChI=1S/C17H19N5O2/c1-3-12-8-10-13(11-9-12)18-17(23)19-16-21-20-14-6-5-7-15(22(14)16)24-4-2/h5-11H,3-4H2,1-2H3,(H2,18,19,21,23). The van der Waals surface area contributed by atoms with E-state index in [1.54, 1.807) is 16.5 Å². The third kappa shape index (κ3) is 3.29. The third-order valence-electron chi connectivity index (χ3n) is 3.53. The Morgan fingerprint density at radius 3 is 2.58 bits per heavy atom. The van der Waals surface area contributed by atoms with Gasteiger partial charge in [0, 0.05) is 5.69 Å². The molecule has 2 N–H and O–H groups in total. The van der Waals surface area contributed by atoms with Crippen molar-refractivity contribution in [1.82, 2.24) is 14.6 Å². The van der Waals surface area contributed by atoms with Crippen LogP contribution in [0.3, 0.4) is 0 Å². The maximum Gasteiger partial charge on any atom is 0.326 e. The summed E-state index contributed by atoms with van der Waals surface area (Å²) in [5.41, 5.74) is 2.53. The highest BCUT2D eigenvalue weighted by Gasteiger charge is 2.12. The number of rotatable bonds is 5. The molecule has 0 saturated heterocycles. The van der Waals surface area contributed by atoms with Crippen molar-refractivity contribution < 1.29 is 9.53 Å². The summed E-state index contributed by atoms with van der Waals surface area (Å²) in [5.74, 6) is 0.874. The molecule has 24 heavy (non-hydrogen) atoms. The average Bonchev–Trinajstić information content (AvgIpc) is 3.00. The fourth-order valence-electron chi connectivity index (χ4n) is 2.34. The highest BCUT2D eigenvalue weighted by atomic mass is 16.5. The summed E-state index contributed by atoms with van der Waals surface area (Å²) in [4.78, 5) is 12.2. The number of benzene rings is 1.